The lowest BCUT2D eigenvalue weighted by atomic mass is 10.2. The molecule has 0 unspecified atom stereocenters. The van der Waals surface area contributed by atoms with Crippen LogP contribution in [0.5, 0.6) is 5.75 Å². The molecule has 0 N–H and O–H groups in total. The molecule has 0 aliphatic rings. The van der Waals surface area contributed by atoms with Gasteiger partial charge in [0, 0.05) is 0 Å². The third-order valence-corrected chi connectivity index (χ3v) is 5.57. The molecule has 2 rings (SSSR count). The van der Waals surface area contributed by atoms with Crippen LogP contribution in [0, 0.1) is 6.92 Å². The normalized spacial score (nSPS) is 11.3. The van der Waals surface area contributed by atoms with E-state index in [0.29, 0.717) is 11.3 Å². The number of carbonyl (C=O) groups is 1. The molecule has 0 aliphatic carbocycles. The highest BCUT2D eigenvalue weighted by Crippen LogP contribution is 2.23. The van der Waals surface area contributed by atoms with E-state index in [1.165, 1.54) is 18.3 Å². The number of ether oxygens (including phenoxy) is 2. The SMILES string of the molecule is C=C(CC(=O)OCC)N(/N=C/c1ccc(OC)cc1)S(=O)(=O)c1ccc(C)cc1. The molecule has 0 spiro atoms. The van der Waals surface area contributed by atoms with E-state index in [1.54, 1.807) is 50.4 Å². The van der Waals surface area contributed by atoms with Crippen molar-refractivity contribution in [2.75, 3.05) is 13.7 Å². The van der Waals surface area contributed by atoms with Crippen molar-refractivity contribution in [2.45, 2.75) is 25.2 Å². The summed E-state index contributed by atoms with van der Waals surface area (Å²) in [6.45, 7) is 7.45. The topological polar surface area (TPSA) is 85.3 Å². The van der Waals surface area contributed by atoms with Crippen LogP contribution >= 0.6 is 0 Å². The molecule has 2 aromatic carbocycles. The summed E-state index contributed by atoms with van der Waals surface area (Å²) in [7, 11) is -2.50. The monoisotopic (exact) mass is 416 g/mol. The zero-order valence-electron chi connectivity index (χ0n) is 16.7. The van der Waals surface area contributed by atoms with E-state index in [1.807, 2.05) is 6.92 Å². The number of hydrogen-bond donors (Lipinski definition) is 0. The average Bonchev–Trinajstić information content (AvgIpc) is 2.69. The fraction of sp³-hybridized carbons (Fsp3) is 0.238. The Balaban J connectivity index is 2.38. The lowest BCUT2D eigenvalue weighted by Gasteiger charge is -2.21. The van der Waals surface area contributed by atoms with E-state index in [-0.39, 0.29) is 23.6 Å². The molecule has 0 heterocycles. The Hall–Kier alpha value is -3.13. The standard InChI is InChI=1S/C21H24N2O5S/c1-5-28-21(24)14-17(3)23(22-15-18-8-10-19(27-4)11-9-18)29(25,26)20-12-6-16(2)7-13-20/h6-13,15H,3,5,14H2,1-2,4H3/b22-15+. The third-order valence-electron chi connectivity index (χ3n) is 3.90. The van der Waals surface area contributed by atoms with Crippen LogP contribution in [0.4, 0.5) is 0 Å². The van der Waals surface area contributed by atoms with Gasteiger partial charge < -0.3 is 9.47 Å². The molecule has 0 fully saturated rings. The van der Waals surface area contributed by atoms with Gasteiger partial charge in [0.2, 0.25) is 0 Å². The van der Waals surface area contributed by atoms with E-state index in [9.17, 15) is 13.2 Å². The molecule has 0 amide bonds. The summed E-state index contributed by atoms with van der Waals surface area (Å²) >= 11 is 0. The fourth-order valence-electron chi connectivity index (χ4n) is 2.38. The number of sulfonamides is 1. The first-order valence-corrected chi connectivity index (χ1v) is 10.4. The number of nitrogens with zero attached hydrogens (tertiary/aromatic N) is 2. The molecule has 7 nitrogen and oxygen atoms in total. The molecule has 8 heteroatoms. The summed E-state index contributed by atoms with van der Waals surface area (Å²) in [6.07, 6.45) is 1.07. The maximum Gasteiger partial charge on any atom is 0.311 e. The van der Waals surface area contributed by atoms with Crippen molar-refractivity contribution in [3.05, 3.63) is 71.9 Å². The second-order valence-corrected chi connectivity index (χ2v) is 7.89. The number of rotatable bonds is 9. The van der Waals surface area contributed by atoms with Crippen molar-refractivity contribution in [2.24, 2.45) is 5.10 Å². The van der Waals surface area contributed by atoms with Gasteiger partial charge in [0.05, 0.1) is 36.9 Å². The van der Waals surface area contributed by atoms with Gasteiger partial charge in [0.1, 0.15) is 5.75 Å². The van der Waals surface area contributed by atoms with E-state index in [4.69, 9.17) is 9.47 Å². The summed E-state index contributed by atoms with van der Waals surface area (Å²) in [5.74, 6) is 0.0826. The molecule has 0 saturated carbocycles. The number of aryl methyl sites for hydroxylation is 1. The quantitative estimate of drug-likeness (QED) is 0.355. The maximum absolute atomic E-state index is 13.1. The molecule has 0 atom stereocenters. The first-order valence-electron chi connectivity index (χ1n) is 8.91. The van der Waals surface area contributed by atoms with Crippen LogP contribution < -0.4 is 4.74 Å². The van der Waals surface area contributed by atoms with Crippen molar-refractivity contribution in [1.82, 2.24) is 4.41 Å². The molecular weight excluding hydrogens is 392 g/mol. The highest BCUT2D eigenvalue weighted by Gasteiger charge is 2.27. The predicted molar refractivity (Wildman–Crippen MR) is 111 cm³/mol. The Morgan fingerprint density at radius 3 is 2.31 bits per heavy atom. The Labute approximate surface area is 171 Å². The highest BCUT2D eigenvalue weighted by atomic mass is 32.2. The Morgan fingerprint density at radius 1 is 1.14 bits per heavy atom. The number of esters is 1. The van der Waals surface area contributed by atoms with Gasteiger partial charge >= 0.3 is 5.97 Å². The number of carbonyl (C=O) groups excluding carboxylic acids is 1. The lowest BCUT2D eigenvalue weighted by molar-refractivity contribution is -0.142. The Morgan fingerprint density at radius 2 is 1.76 bits per heavy atom. The van der Waals surface area contributed by atoms with Gasteiger partial charge in [-0.25, -0.2) is 0 Å². The predicted octanol–water partition coefficient (Wildman–Crippen LogP) is 3.50. The van der Waals surface area contributed by atoms with Gasteiger partial charge in [-0.05, 0) is 55.8 Å². The minimum absolute atomic E-state index is 0.0196. The van der Waals surface area contributed by atoms with E-state index < -0.39 is 16.0 Å². The summed E-state index contributed by atoms with van der Waals surface area (Å²) in [4.78, 5) is 11.9. The molecule has 0 aromatic heterocycles. The number of hydrazone groups is 1. The van der Waals surface area contributed by atoms with Crippen LogP contribution in [0.2, 0.25) is 0 Å². The summed E-state index contributed by atoms with van der Waals surface area (Å²) < 4.78 is 37.0. The largest absolute Gasteiger partial charge is 0.497 e. The van der Waals surface area contributed by atoms with E-state index >= 15 is 0 Å². The first kappa shape index (κ1) is 22.2. The van der Waals surface area contributed by atoms with E-state index in [0.717, 1.165) is 9.98 Å². The molecule has 154 valence electrons. The van der Waals surface area contributed by atoms with Crippen LogP contribution in [0.25, 0.3) is 0 Å². The molecule has 0 aliphatic heterocycles. The summed E-state index contributed by atoms with van der Waals surface area (Å²) in [6, 6.07) is 13.3. The van der Waals surface area contributed by atoms with E-state index in [2.05, 4.69) is 11.7 Å². The second-order valence-electron chi connectivity index (χ2n) is 6.13. The van der Waals surface area contributed by atoms with Crippen molar-refractivity contribution in [3.63, 3.8) is 0 Å². The van der Waals surface area contributed by atoms with Crippen LogP contribution in [-0.4, -0.2) is 38.7 Å². The van der Waals surface area contributed by atoms with Crippen LogP contribution in [-0.2, 0) is 19.6 Å². The number of benzene rings is 2. The van der Waals surface area contributed by atoms with Gasteiger partial charge in [-0.2, -0.15) is 17.9 Å². The maximum atomic E-state index is 13.1. The zero-order chi connectivity index (χ0) is 21.4. The van der Waals surface area contributed by atoms with Gasteiger partial charge in [0.15, 0.2) is 0 Å². The summed E-state index contributed by atoms with van der Waals surface area (Å²) in [5, 5.41) is 4.11. The minimum Gasteiger partial charge on any atom is -0.497 e. The Kier molecular flexibility index (Phi) is 7.55. The lowest BCUT2D eigenvalue weighted by Crippen LogP contribution is -2.27. The Bertz CT molecular complexity index is 981. The van der Waals surface area contributed by atoms with Crippen LogP contribution in [0.1, 0.15) is 24.5 Å². The van der Waals surface area contributed by atoms with Gasteiger partial charge in [-0.15, -0.1) is 0 Å². The summed E-state index contributed by atoms with van der Waals surface area (Å²) in [5.41, 5.74) is 1.55. The van der Waals surface area contributed by atoms with Crippen molar-refractivity contribution in [3.8, 4) is 5.75 Å². The average molecular weight is 416 g/mol. The van der Waals surface area contributed by atoms with Gasteiger partial charge in [0.25, 0.3) is 10.0 Å². The van der Waals surface area contributed by atoms with Crippen molar-refractivity contribution >= 4 is 22.2 Å². The molecule has 0 radical (unpaired) electrons. The smallest absolute Gasteiger partial charge is 0.311 e. The molecule has 0 saturated heterocycles. The number of hydrogen-bond acceptors (Lipinski definition) is 6. The molecule has 2 aromatic rings. The van der Waals surface area contributed by atoms with Gasteiger partial charge in [-0.1, -0.05) is 24.3 Å². The molecular formula is C21H24N2O5S. The number of methoxy groups -OCH3 is 1. The van der Waals surface area contributed by atoms with Crippen LogP contribution in [0.15, 0.2) is 70.8 Å². The first-order chi connectivity index (χ1) is 13.8. The van der Waals surface area contributed by atoms with Gasteiger partial charge in [-0.3, -0.25) is 4.79 Å². The zero-order valence-corrected chi connectivity index (χ0v) is 17.5. The molecule has 29 heavy (non-hydrogen) atoms. The van der Waals surface area contributed by atoms with Crippen LogP contribution in [0.3, 0.4) is 0 Å². The second kappa shape index (κ2) is 9.88. The van der Waals surface area contributed by atoms with Crippen molar-refractivity contribution in [1.29, 1.82) is 0 Å². The third kappa shape index (κ3) is 5.92. The molecule has 0 bridgehead atoms. The van der Waals surface area contributed by atoms with Crippen molar-refractivity contribution < 1.29 is 22.7 Å². The highest BCUT2D eigenvalue weighted by molar-refractivity contribution is 7.89. The fourth-order valence-corrected chi connectivity index (χ4v) is 3.63. The minimum atomic E-state index is -4.06.